The lowest BCUT2D eigenvalue weighted by Crippen LogP contribution is -2.46. The highest BCUT2D eigenvalue weighted by molar-refractivity contribution is 5.94. The van der Waals surface area contributed by atoms with Crippen LogP contribution in [0.5, 0.6) is 0 Å². The van der Waals surface area contributed by atoms with Gasteiger partial charge in [-0.25, -0.2) is 8.78 Å². The van der Waals surface area contributed by atoms with Gasteiger partial charge in [0.05, 0.1) is 30.9 Å². The minimum atomic E-state index is -1.05. The molecule has 238 valence electrons. The first-order valence-corrected chi connectivity index (χ1v) is 15.8. The van der Waals surface area contributed by atoms with Gasteiger partial charge in [-0.05, 0) is 55.2 Å². The maximum Gasteiger partial charge on any atom is 0.251 e. The average molecular weight is 620 g/mol. The van der Waals surface area contributed by atoms with E-state index in [9.17, 15) is 23.2 Å². The Morgan fingerprint density at radius 3 is 2.49 bits per heavy atom. The third-order valence-electron chi connectivity index (χ3n) is 8.90. The van der Waals surface area contributed by atoms with Crippen LogP contribution in [-0.2, 0) is 20.9 Å². The van der Waals surface area contributed by atoms with Crippen LogP contribution in [-0.4, -0.2) is 97.8 Å². The van der Waals surface area contributed by atoms with Gasteiger partial charge >= 0.3 is 0 Å². The van der Waals surface area contributed by atoms with E-state index < -0.39 is 23.9 Å². The Kier molecular flexibility index (Phi) is 9.73. The molecular weight excluding hydrogens is 580 g/mol. The van der Waals surface area contributed by atoms with Crippen LogP contribution in [0.3, 0.4) is 0 Å². The standard InChI is InChI=1S/C34H39F2N5O4/c35-27-16-31(37-18-27)33(43)39-28-17-29(41(21-28)34(44)25-8-9-25)19-38-32(42)26-10-7-24(30(36)15-26)6-5-22-1-3-23(4-2-22)20-40-11-13-45-14-12-40/h1-4,7,10,15,25,27-29,31,37H,8-9,11-14,16-21H2,(H,38,42)(H,39,43)/t27-,28+,29+,31-/m0/s1. The highest BCUT2D eigenvalue weighted by atomic mass is 19.1. The van der Waals surface area contributed by atoms with Crippen molar-refractivity contribution in [2.75, 3.05) is 45.9 Å². The molecule has 6 rings (SSSR count). The van der Waals surface area contributed by atoms with Gasteiger partial charge in [0, 0.05) is 68.8 Å². The van der Waals surface area contributed by atoms with E-state index in [0.29, 0.717) is 13.0 Å². The molecule has 2 aromatic carbocycles. The number of carbonyl (C=O) groups excluding carboxylic acids is 3. The molecule has 4 atom stereocenters. The molecule has 0 radical (unpaired) electrons. The van der Waals surface area contributed by atoms with Crippen LogP contribution in [0.4, 0.5) is 8.78 Å². The van der Waals surface area contributed by atoms with Crippen molar-refractivity contribution in [3.05, 3.63) is 70.5 Å². The summed E-state index contributed by atoms with van der Waals surface area (Å²) >= 11 is 0. The Hall–Kier alpha value is -3.85. The number of nitrogens with zero attached hydrogens (tertiary/aromatic N) is 2. The summed E-state index contributed by atoms with van der Waals surface area (Å²) in [5.41, 5.74) is 2.29. The Morgan fingerprint density at radius 2 is 1.80 bits per heavy atom. The van der Waals surface area contributed by atoms with Crippen LogP contribution in [0.2, 0.25) is 0 Å². The fourth-order valence-corrected chi connectivity index (χ4v) is 6.16. The number of ether oxygens (including phenoxy) is 1. The first-order chi connectivity index (χ1) is 21.8. The van der Waals surface area contributed by atoms with Crippen molar-refractivity contribution in [3.8, 4) is 11.8 Å². The number of nitrogens with one attached hydrogen (secondary N) is 3. The van der Waals surface area contributed by atoms with Crippen molar-refractivity contribution in [1.82, 2.24) is 25.8 Å². The monoisotopic (exact) mass is 619 g/mol. The SMILES string of the molecule is O=C(NC[C@H]1C[C@@H](NC(=O)[C@@H]2C[C@H](F)CN2)CN1C(=O)C1CC1)c1ccc(C#Cc2ccc(CN3CCOCC3)cc2)c(F)c1. The molecule has 0 unspecified atom stereocenters. The number of carbonyl (C=O) groups is 3. The lowest BCUT2D eigenvalue weighted by atomic mass is 10.1. The summed E-state index contributed by atoms with van der Waals surface area (Å²) in [4.78, 5) is 42.6. The van der Waals surface area contributed by atoms with Crippen LogP contribution in [0.15, 0.2) is 42.5 Å². The molecule has 45 heavy (non-hydrogen) atoms. The van der Waals surface area contributed by atoms with E-state index in [0.717, 1.165) is 51.3 Å². The molecule has 3 saturated heterocycles. The number of hydrogen-bond donors (Lipinski definition) is 3. The third-order valence-corrected chi connectivity index (χ3v) is 8.90. The molecule has 11 heteroatoms. The van der Waals surface area contributed by atoms with Crippen molar-refractivity contribution < 1.29 is 27.9 Å². The molecule has 3 aliphatic heterocycles. The van der Waals surface area contributed by atoms with Gasteiger partial charge in [-0.2, -0.15) is 0 Å². The summed E-state index contributed by atoms with van der Waals surface area (Å²) in [7, 11) is 0. The molecule has 9 nitrogen and oxygen atoms in total. The molecule has 1 saturated carbocycles. The molecule has 1 aliphatic carbocycles. The molecule has 3 N–H and O–H groups in total. The second kappa shape index (κ2) is 14.1. The number of likely N-dealkylation sites (tertiary alicyclic amines) is 1. The predicted molar refractivity (Wildman–Crippen MR) is 163 cm³/mol. The summed E-state index contributed by atoms with van der Waals surface area (Å²) in [5, 5.41) is 8.67. The van der Waals surface area contributed by atoms with Crippen LogP contribution in [0.1, 0.15) is 52.7 Å². The van der Waals surface area contributed by atoms with Gasteiger partial charge in [0.1, 0.15) is 12.0 Å². The predicted octanol–water partition coefficient (Wildman–Crippen LogP) is 1.98. The lowest BCUT2D eigenvalue weighted by Gasteiger charge is -2.26. The van der Waals surface area contributed by atoms with Crippen LogP contribution >= 0.6 is 0 Å². The highest BCUT2D eigenvalue weighted by Crippen LogP contribution is 2.33. The highest BCUT2D eigenvalue weighted by Gasteiger charge is 2.42. The summed E-state index contributed by atoms with van der Waals surface area (Å²) in [6.45, 7) is 4.84. The zero-order valence-electron chi connectivity index (χ0n) is 25.2. The Labute approximate surface area is 262 Å². The van der Waals surface area contributed by atoms with Crippen LogP contribution < -0.4 is 16.0 Å². The molecule has 3 amide bonds. The van der Waals surface area contributed by atoms with Crippen molar-refractivity contribution >= 4 is 17.7 Å². The van der Waals surface area contributed by atoms with Crippen molar-refractivity contribution in [1.29, 1.82) is 0 Å². The van der Waals surface area contributed by atoms with Gasteiger partial charge in [-0.15, -0.1) is 0 Å². The van der Waals surface area contributed by atoms with E-state index >= 15 is 0 Å². The largest absolute Gasteiger partial charge is 0.379 e. The fourth-order valence-electron chi connectivity index (χ4n) is 6.16. The molecule has 0 aromatic heterocycles. The zero-order valence-corrected chi connectivity index (χ0v) is 25.2. The minimum Gasteiger partial charge on any atom is -0.379 e. The molecule has 0 bridgehead atoms. The van der Waals surface area contributed by atoms with Crippen molar-refractivity contribution in [2.24, 2.45) is 5.92 Å². The maximum absolute atomic E-state index is 14.9. The van der Waals surface area contributed by atoms with Gasteiger partial charge in [-0.1, -0.05) is 24.0 Å². The van der Waals surface area contributed by atoms with Gasteiger partial charge in [0.2, 0.25) is 11.8 Å². The van der Waals surface area contributed by atoms with Crippen molar-refractivity contribution in [2.45, 2.75) is 56.5 Å². The normalized spacial score (nSPS) is 25.0. The molecule has 2 aromatic rings. The Bertz CT molecular complexity index is 1470. The average Bonchev–Trinajstić information content (AvgIpc) is 3.68. The quantitative estimate of drug-likeness (QED) is 0.391. The number of morpholine rings is 1. The summed E-state index contributed by atoms with van der Waals surface area (Å²) < 4.78 is 33.9. The Balaban J connectivity index is 1.03. The number of benzene rings is 2. The number of alkyl halides is 1. The van der Waals surface area contributed by atoms with Gasteiger partial charge < -0.3 is 25.6 Å². The Morgan fingerprint density at radius 1 is 1.02 bits per heavy atom. The van der Waals surface area contributed by atoms with E-state index in [1.165, 1.54) is 23.8 Å². The zero-order chi connectivity index (χ0) is 31.3. The van der Waals surface area contributed by atoms with E-state index in [1.54, 1.807) is 4.90 Å². The van der Waals surface area contributed by atoms with Gasteiger partial charge in [0.25, 0.3) is 5.91 Å². The third kappa shape index (κ3) is 8.06. The van der Waals surface area contributed by atoms with E-state index in [2.05, 4.69) is 32.7 Å². The maximum atomic E-state index is 14.9. The fraction of sp³-hybridized carbons (Fsp3) is 0.500. The first kappa shape index (κ1) is 31.1. The number of halogens is 2. The van der Waals surface area contributed by atoms with Gasteiger partial charge in [-0.3, -0.25) is 19.3 Å². The topological polar surface area (TPSA) is 103 Å². The van der Waals surface area contributed by atoms with Gasteiger partial charge in [0.15, 0.2) is 0 Å². The number of rotatable bonds is 8. The number of hydrogen-bond acceptors (Lipinski definition) is 6. The summed E-state index contributed by atoms with van der Waals surface area (Å²) in [5.74, 6) is 4.54. The second-order valence-corrected chi connectivity index (χ2v) is 12.4. The second-order valence-electron chi connectivity index (χ2n) is 12.4. The number of amides is 3. The van der Waals surface area contributed by atoms with Crippen LogP contribution in [0.25, 0.3) is 0 Å². The first-order valence-electron chi connectivity index (χ1n) is 15.8. The summed E-state index contributed by atoms with van der Waals surface area (Å²) in [6, 6.07) is 10.9. The lowest BCUT2D eigenvalue weighted by molar-refractivity contribution is -0.133. The minimum absolute atomic E-state index is 0.0165. The summed E-state index contributed by atoms with van der Waals surface area (Å²) in [6.07, 6.45) is 1.23. The molecule has 0 spiro atoms. The van der Waals surface area contributed by atoms with Crippen LogP contribution in [0, 0.1) is 23.6 Å². The van der Waals surface area contributed by atoms with E-state index in [1.807, 2.05) is 24.3 Å². The molecule has 4 aliphatic rings. The molecule has 4 fully saturated rings. The van der Waals surface area contributed by atoms with E-state index in [-0.39, 0.29) is 60.5 Å². The van der Waals surface area contributed by atoms with Crippen molar-refractivity contribution in [3.63, 3.8) is 0 Å². The van der Waals surface area contributed by atoms with E-state index in [4.69, 9.17) is 4.74 Å². The molecular formula is C34H39F2N5O4. The smallest absolute Gasteiger partial charge is 0.251 e. The molecule has 3 heterocycles.